The van der Waals surface area contributed by atoms with Gasteiger partial charge in [0.05, 0.1) is 6.54 Å². The summed E-state index contributed by atoms with van der Waals surface area (Å²) in [7, 11) is 0. The lowest BCUT2D eigenvalue weighted by Crippen LogP contribution is -2.28. The van der Waals surface area contributed by atoms with Gasteiger partial charge in [-0.2, -0.15) is 0 Å². The minimum Gasteiger partial charge on any atom is -0.349 e. The van der Waals surface area contributed by atoms with Crippen LogP contribution in [0.25, 0.3) is 0 Å². The first-order valence-electron chi connectivity index (χ1n) is 6.06. The predicted molar refractivity (Wildman–Crippen MR) is 67.1 cm³/mol. The maximum absolute atomic E-state index is 11.7. The molecule has 5 nitrogen and oxygen atoms in total. The van der Waals surface area contributed by atoms with Crippen LogP contribution >= 0.6 is 0 Å². The molecule has 4 N–H and O–H groups in total. The predicted octanol–water partition coefficient (Wildman–Crippen LogP) is 1.04. The summed E-state index contributed by atoms with van der Waals surface area (Å²) in [5.74, 6) is 1.65. The first-order valence-corrected chi connectivity index (χ1v) is 6.06. The molecule has 1 aromatic rings. The molecule has 1 heterocycles. The Balaban J connectivity index is 2.27. The third-order valence-electron chi connectivity index (χ3n) is 2.62. The number of imidazole rings is 1. The van der Waals surface area contributed by atoms with E-state index in [1.807, 2.05) is 0 Å². The number of nitrogens with zero attached hydrogens (tertiary/aromatic N) is 1. The topological polar surface area (TPSA) is 83.8 Å². The maximum atomic E-state index is 11.7. The zero-order valence-electron chi connectivity index (χ0n) is 10.6. The number of hydrogen-bond donors (Lipinski definition) is 3. The molecule has 0 fully saturated rings. The molecule has 0 aliphatic carbocycles. The van der Waals surface area contributed by atoms with E-state index < -0.39 is 0 Å². The highest BCUT2D eigenvalue weighted by molar-refractivity contribution is 5.76. The van der Waals surface area contributed by atoms with E-state index in [1.165, 1.54) is 0 Å². The number of amides is 1. The molecule has 0 spiro atoms. The van der Waals surface area contributed by atoms with Gasteiger partial charge < -0.3 is 16.0 Å². The number of hydrogen-bond acceptors (Lipinski definition) is 3. The Morgan fingerprint density at radius 3 is 2.88 bits per heavy atom. The summed E-state index contributed by atoms with van der Waals surface area (Å²) in [5, 5.41) is 2.83. The molecule has 1 aromatic heterocycles. The number of nitrogens with two attached hydrogens (primary N) is 1. The molecule has 0 aromatic carbocycles. The van der Waals surface area contributed by atoms with Crippen molar-refractivity contribution in [3.63, 3.8) is 0 Å². The third-order valence-corrected chi connectivity index (χ3v) is 2.62. The maximum Gasteiger partial charge on any atom is 0.220 e. The van der Waals surface area contributed by atoms with Crippen molar-refractivity contribution in [2.45, 2.75) is 33.2 Å². The minimum absolute atomic E-state index is 0.0394. The number of rotatable bonds is 7. The molecule has 5 heteroatoms. The summed E-state index contributed by atoms with van der Waals surface area (Å²) < 4.78 is 0. The molecule has 1 rings (SSSR count). The van der Waals surface area contributed by atoms with Crippen LogP contribution in [0.5, 0.6) is 0 Å². The van der Waals surface area contributed by atoms with Crippen molar-refractivity contribution in [3.8, 4) is 0 Å². The normalized spacial score (nSPS) is 12.7. The van der Waals surface area contributed by atoms with Crippen molar-refractivity contribution < 1.29 is 4.79 Å². The molecule has 0 saturated carbocycles. The van der Waals surface area contributed by atoms with Gasteiger partial charge in [0.25, 0.3) is 0 Å². The Morgan fingerprint density at radius 2 is 2.35 bits per heavy atom. The molecule has 96 valence electrons. The van der Waals surface area contributed by atoms with Gasteiger partial charge in [-0.05, 0) is 24.8 Å². The van der Waals surface area contributed by atoms with E-state index in [4.69, 9.17) is 5.73 Å². The second kappa shape index (κ2) is 7.06. The molecule has 0 radical (unpaired) electrons. The second-order valence-corrected chi connectivity index (χ2v) is 4.75. The molecule has 0 saturated heterocycles. The van der Waals surface area contributed by atoms with E-state index in [0.29, 0.717) is 25.4 Å². The molecule has 0 unspecified atom stereocenters. The van der Waals surface area contributed by atoms with Crippen LogP contribution in [0.1, 0.15) is 32.5 Å². The zero-order valence-corrected chi connectivity index (χ0v) is 10.6. The summed E-state index contributed by atoms with van der Waals surface area (Å²) in [4.78, 5) is 18.7. The smallest absolute Gasteiger partial charge is 0.220 e. The van der Waals surface area contributed by atoms with Crippen molar-refractivity contribution in [1.29, 1.82) is 0 Å². The SMILES string of the molecule is CC(C)C[C@H](CN)CC(=O)NCc1ncc[nH]1. The molecule has 0 aliphatic rings. The highest BCUT2D eigenvalue weighted by Gasteiger charge is 2.13. The van der Waals surface area contributed by atoms with Crippen LogP contribution in [0.15, 0.2) is 12.4 Å². The molecule has 1 atom stereocenters. The van der Waals surface area contributed by atoms with Crippen LogP contribution in [0, 0.1) is 11.8 Å². The summed E-state index contributed by atoms with van der Waals surface area (Å²) in [6, 6.07) is 0. The molecular formula is C12H22N4O. The lowest BCUT2D eigenvalue weighted by atomic mass is 9.94. The zero-order chi connectivity index (χ0) is 12.7. The Hall–Kier alpha value is -1.36. The van der Waals surface area contributed by atoms with Crippen LogP contribution in [-0.2, 0) is 11.3 Å². The lowest BCUT2D eigenvalue weighted by Gasteiger charge is -2.16. The minimum atomic E-state index is 0.0394. The van der Waals surface area contributed by atoms with Gasteiger partial charge in [-0.15, -0.1) is 0 Å². The highest BCUT2D eigenvalue weighted by atomic mass is 16.1. The fraction of sp³-hybridized carbons (Fsp3) is 0.667. The average molecular weight is 238 g/mol. The number of H-pyrrole nitrogens is 1. The standard InChI is InChI=1S/C12H22N4O/c1-9(2)5-10(7-13)6-12(17)16-8-11-14-3-4-15-11/h3-4,9-10H,5-8,13H2,1-2H3,(H,14,15)(H,16,17)/t10-/m0/s1. The van der Waals surface area contributed by atoms with Crippen molar-refractivity contribution in [2.24, 2.45) is 17.6 Å². The highest BCUT2D eigenvalue weighted by Crippen LogP contribution is 2.13. The Bertz CT molecular complexity index is 321. The number of aromatic amines is 1. The molecular weight excluding hydrogens is 216 g/mol. The van der Waals surface area contributed by atoms with Crippen molar-refractivity contribution in [2.75, 3.05) is 6.54 Å². The van der Waals surface area contributed by atoms with Gasteiger partial charge in [-0.3, -0.25) is 4.79 Å². The molecule has 0 aliphatic heterocycles. The molecule has 1 amide bonds. The Morgan fingerprint density at radius 1 is 1.59 bits per heavy atom. The summed E-state index contributed by atoms with van der Waals surface area (Å²) in [6.45, 7) is 5.30. The van der Waals surface area contributed by atoms with Crippen LogP contribution < -0.4 is 11.1 Å². The molecule has 0 bridgehead atoms. The summed E-state index contributed by atoms with van der Waals surface area (Å²) >= 11 is 0. The van der Waals surface area contributed by atoms with E-state index in [0.717, 1.165) is 12.2 Å². The fourth-order valence-corrected chi connectivity index (χ4v) is 1.84. The van der Waals surface area contributed by atoms with Gasteiger partial charge >= 0.3 is 0 Å². The van der Waals surface area contributed by atoms with Gasteiger partial charge in [0, 0.05) is 18.8 Å². The number of carbonyl (C=O) groups is 1. The molecule has 17 heavy (non-hydrogen) atoms. The average Bonchev–Trinajstić information content (AvgIpc) is 2.77. The Kier molecular flexibility index (Phi) is 5.69. The van der Waals surface area contributed by atoms with Gasteiger partial charge in [-0.1, -0.05) is 13.8 Å². The lowest BCUT2D eigenvalue weighted by molar-refractivity contribution is -0.122. The largest absolute Gasteiger partial charge is 0.349 e. The first kappa shape index (κ1) is 13.7. The van der Waals surface area contributed by atoms with E-state index in [-0.39, 0.29) is 11.8 Å². The van der Waals surface area contributed by atoms with Gasteiger partial charge in [0.15, 0.2) is 0 Å². The third kappa shape index (κ3) is 5.49. The van der Waals surface area contributed by atoms with Crippen molar-refractivity contribution in [1.82, 2.24) is 15.3 Å². The monoisotopic (exact) mass is 238 g/mol. The van der Waals surface area contributed by atoms with Crippen LogP contribution in [0.4, 0.5) is 0 Å². The van der Waals surface area contributed by atoms with Gasteiger partial charge in [-0.25, -0.2) is 4.98 Å². The van der Waals surface area contributed by atoms with Gasteiger partial charge in [0.2, 0.25) is 5.91 Å². The second-order valence-electron chi connectivity index (χ2n) is 4.75. The number of aromatic nitrogens is 2. The summed E-state index contributed by atoms with van der Waals surface area (Å²) in [5.41, 5.74) is 5.66. The van der Waals surface area contributed by atoms with Crippen LogP contribution in [-0.4, -0.2) is 22.4 Å². The quantitative estimate of drug-likeness (QED) is 0.663. The van der Waals surface area contributed by atoms with E-state index >= 15 is 0 Å². The van der Waals surface area contributed by atoms with Crippen LogP contribution in [0.2, 0.25) is 0 Å². The van der Waals surface area contributed by atoms with Crippen molar-refractivity contribution in [3.05, 3.63) is 18.2 Å². The van der Waals surface area contributed by atoms with Gasteiger partial charge in [0.1, 0.15) is 5.82 Å². The number of nitrogens with one attached hydrogen (secondary N) is 2. The van der Waals surface area contributed by atoms with E-state index in [9.17, 15) is 4.79 Å². The first-order chi connectivity index (χ1) is 8.11. The van der Waals surface area contributed by atoms with E-state index in [1.54, 1.807) is 12.4 Å². The van der Waals surface area contributed by atoms with Crippen LogP contribution in [0.3, 0.4) is 0 Å². The summed E-state index contributed by atoms with van der Waals surface area (Å²) in [6.07, 6.45) is 4.89. The van der Waals surface area contributed by atoms with E-state index in [2.05, 4.69) is 29.1 Å². The van der Waals surface area contributed by atoms with Crippen molar-refractivity contribution >= 4 is 5.91 Å². The number of carbonyl (C=O) groups excluding carboxylic acids is 1. The fourth-order valence-electron chi connectivity index (χ4n) is 1.84. The Labute approximate surface area is 102 Å².